The van der Waals surface area contributed by atoms with Crippen molar-refractivity contribution in [3.63, 3.8) is 0 Å². The van der Waals surface area contributed by atoms with Gasteiger partial charge in [0.1, 0.15) is 11.0 Å². The van der Waals surface area contributed by atoms with Crippen molar-refractivity contribution >= 4 is 29.0 Å². The van der Waals surface area contributed by atoms with Crippen LogP contribution in [-0.2, 0) is 4.79 Å². The number of ether oxygens (including phenoxy) is 2. The summed E-state index contributed by atoms with van der Waals surface area (Å²) in [5.74, 6) is 1.78. The zero-order valence-corrected chi connectivity index (χ0v) is 16.8. The smallest absolute Gasteiger partial charge is 0.231 e. The number of hydrogen-bond donors (Lipinski definition) is 1. The fourth-order valence-electron chi connectivity index (χ4n) is 2.90. The lowest BCUT2D eigenvalue weighted by molar-refractivity contribution is -0.119. The van der Waals surface area contributed by atoms with Gasteiger partial charge in [-0.1, -0.05) is 30.3 Å². The average Bonchev–Trinajstić information content (AvgIpc) is 3.16. The monoisotopic (exact) mass is 412 g/mol. The highest BCUT2D eigenvalue weighted by Gasteiger charge is 2.19. The van der Waals surface area contributed by atoms with Gasteiger partial charge in [0, 0.05) is 22.9 Å². The molecule has 144 valence electrons. The maximum atomic E-state index is 12.6. The summed E-state index contributed by atoms with van der Waals surface area (Å²) in [6, 6.07) is 15.5. The van der Waals surface area contributed by atoms with Crippen LogP contribution in [0.4, 0.5) is 0 Å². The van der Waals surface area contributed by atoms with Gasteiger partial charge in [0.15, 0.2) is 11.5 Å². The first-order valence-corrected chi connectivity index (χ1v) is 10.9. The van der Waals surface area contributed by atoms with Gasteiger partial charge >= 0.3 is 0 Å². The highest BCUT2D eigenvalue weighted by molar-refractivity contribution is 8.00. The standard InChI is InChI=1S/C21H20N2O3S2/c24-19(14-28-16-7-8-17-18(13-16)26-11-4-10-25-17)23-20(21-22-9-12-27-21)15-5-2-1-3-6-15/h1-3,5-9,12-13,20H,4,10-11,14H2,(H,23,24). The van der Waals surface area contributed by atoms with E-state index in [1.165, 1.54) is 23.1 Å². The van der Waals surface area contributed by atoms with Gasteiger partial charge in [0.2, 0.25) is 5.91 Å². The van der Waals surface area contributed by atoms with Crippen LogP contribution in [0.25, 0.3) is 0 Å². The molecule has 4 rings (SSSR count). The molecule has 0 spiro atoms. The predicted molar refractivity (Wildman–Crippen MR) is 111 cm³/mol. The molecule has 1 aromatic heterocycles. The van der Waals surface area contributed by atoms with Crippen LogP contribution in [0.2, 0.25) is 0 Å². The Labute approximate surface area is 172 Å². The van der Waals surface area contributed by atoms with Gasteiger partial charge in [0.25, 0.3) is 0 Å². The molecule has 1 atom stereocenters. The molecule has 7 heteroatoms. The molecule has 0 saturated carbocycles. The van der Waals surface area contributed by atoms with E-state index in [4.69, 9.17) is 9.47 Å². The van der Waals surface area contributed by atoms with Gasteiger partial charge in [-0.05, 0) is 23.8 Å². The minimum Gasteiger partial charge on any atom is -0.490 e. The number of benzene rings is 2. The molecule has 0 aliphatic carbocycles. The Bertz CT molecular complexity index is 917. The van der Waals surface area contributed by atoms with E-state index in [-0.39, 0.29) is 11.9 Å². The van der Waals surface area contributed by atoms with Gasteiger partial charge in [-0.3, -0.25) is 4.79 Å². The second-order valence-electron chi connectivity index (χ2n) is 6.23. The normalized spacial score (nSPS) is 14.1. The van der Waals surface area contributed by atoms with E-state index in [0.29, 0.717) is 19.0 Å². The fourth-order valence-corrected chi connectivity index (χ4v) is 4.34. The number of carbonyl (C=O) groups excluding carboxylic acids is 1. The number of fused-ring (bicyclic) bond motifs is 1. The Balaban J connectivity index is 1.41. The van der Waals surface area contributed by atoms with Gasteiger partial charge in [-0.2, -0.15) is 0 Å². The number of hydrogen-bond acceptors (Lipinski definition) is 6. The van der Waals surface area contributed by atoms with E-state index in [0.717, 1.165) is 33.4 Å². The molecular formula is C21H20N2O3S2. The number of carbonyl (C=O) groups is 1. The highest BCUT2D eigenvalue weighted by Crippen LogP contribution is 2.34. The first kappa shape index (κ1) is 18.8. The second-order valence-corrected chi connectivity index (χ2v) is 8.20. The number of thiazole rings is 1. The van der Waals surface area contributed by atoms with Gasteiger partial charge in [-0.15, -0.1) is 23.1 Å². The van der Waals surface area contributed by atoms with E-state index in [1.54, 1.807) is 6.20 Å². The lowest BCUT2D eigenvalue weighted by atomic mass is 10.1. The van der Waals surface area contributed by atoms with Crippen LogP contribution in [-0.4, -0.2) is 29.9 Å². The minimum absolute atomic E-state index is 0.0406. The van der Waals surface area contributed by atoms with Crippen LogP contribution in [0.5, 0.6) is 11.5 Å². The Kier molecular flexibility index (Phi) is 6.14. The summed E-state index contributed by atoms with van der Waals surface area (Å²) in [4.78, 5) is 18.0. The van der Waals surface area contributed by atoms with Crippen molar-refractivity contribution in [2.45, 2.75) is 17.4 Å². The number of thioether (sulfide) groups is 1. The number of nitrogens with one attached hydrogen (secondary N) is 1. The predicted octanol–water partition coefficient (Wildman–Crippen LogP) is 4.30. The third-order valence-electron chi connectivity index (χ3n) is 4.23. The van der Waals surface area contributed by atoms with Crippen LogP contribution in [0, 0.1) is 0 Å². The molecule has 1 unspecified atom stereocenters. The van der Waals surface area contributed by atoms with Crippen molar-refractivity contribution in [3.8, 4) is 11.5 Å². The third-order valence-corrected chi connectivity index (χ3v) is 6.06. The molecule has 1 aliphatic rings. The number of rotatable bonds is 6. The second kappa shape index (κ2) is 9.12. The van der Waals surface area contributed by atoms with Crippen molar-refractivity contribution in [2.24, 2.45) is 0 Å². The average molecular weight is 413 g/mol. The van der Waals surface area contributed by atoms with Crippen molar-refractivity contribution in [1.82, 2.24) is 10.3 Å². The molecule has 0 radical (unpaired) electrons. The van der Waals surface area contributed by atoms with E-state index >= 15 is 0 Å². The number of nitrogens with zero attached hydrogens (tertiary/aromatic N) is 1. The maximum Gasteiger partial charge on any atom is 0.231 e. The SMILES string of the molecule is O=C(CSc1ccc2c(c1)OCCCO2)NC(c1ccccc1)c1nccs1. The summed E-state index contributed by atoms with van der Waals surface area (Å²) in [5, 5.41) is 5.91. The van der Waals surface area contributed by atoms with Crippen molar-refractivity contribution < 1.29 is 14.3 Å². The Morgan fingerprint density at radius 1 is 1.14 bits per heavy atom. The molecule has 2 aromatic carbocycles. The van der Waals surface area contributed by atoms with Crippen molar-refractivity contribution in [2.75, 3.05) is 19.0 Å². The van der Waals surface area contributed by atoms with Crippen molar-refractivity contribution in [1.29, 1.82) is 0 Å². The van der Waals surface area contributed by atoms with Crippen LogP contribution >= 0.6 is 23.1 Å². The van der Waals surface area contributed by atoms with Crippen LogP contribution in [0.3, 0.4) is 0 Å². The molecule has 2 heterocycles. The number of aromatic nitrogens is 1. The summed E-state index contributed by atoms with van der Waals surface area (Å²) in [5.41, 5.74) is 1.02. The molecule has 0 saturated heterocycles. The first-order valence-electron chi connectivity index (χ1n) is 9.06. The maximum absolute atomic E-state index is 12.6. The molecule has 1 N–H and O–H groups in total. The fraction of sp³-hybridized carbons (Fsp3) is 0.238. The molecule has 0 fully saturated rings. The first-order chi connectivity index (χ1) is 13.8. The van der Waals surface area contributed by atoms with Gasteiger partial charge < -0.3 is 14.8 Å². The quantitative estimate of drug-likeness (QED) is 0.612. The summed E-state index contributed by atoms with van der Waals surface area (Å²) in [6.07, 6.45) is 2.63. The zero-order valence-electron chi connectivity index (χ0n) is 15.2. The molecule has 1 aliphatic heterocycles. The highest BCUT2D eigenvalue weighted by atomic mass is 32.2. The van der Waals surface area contributed by atoms with Crippen LogP contribution < -0.4 is 14.8 Å². The summed E-state index contributed by atoms with van der Waals surface area (Å²) in [7, 11) is 0. The molecule has 5 nitrogen and oxygen atoms in total. The van der Waals surface area contributed by atoms with E-state index in [9.17, 15) is 4.79 Å². The molecule has 1 amide bonds. The number of amides is 1. The molecule has 0 bridgehead atoms. The minimum atomic E-state index is -0.238. The lowest BCUT2D eigenvalue weighted by Crippen LogP contribution is -2.30. The molecule has 28 heavy (non-hydrogen) atoms. The third kappa shape index (κ3) is 4.66. The lowest BCUT2D eigenvalue weighted by Gasteiger charge is -2.17. The van der Waals surface area contributed by atoms with Crippen LogP contribution in [0.15, 0.2) is 65.0 Å². The molecular weight excluding hydrogens is 392 g/mol. The largest absolute Gasteiger partial charge is 0.490 e. The Morgan fingerprint density at radius 3 is 2.75 bits per heavy atom. The topological polar surface area (TPSA) is 60.5 Å². The van der Waals surface area contributed by atoms with Crippen LogP contribution in [0.1, 0.15) is 23.0 Å². The summed E-state index contributed by atoms with van der Waals surface area (Å²) in [6.45, 7) is 1.31. The Morgan fingerprint density at radius 2 is 1.96 bits per heavy atom. The molecule has 3 aromatic rings. The zero-order chi connectivity index (χ0) is 19.2. The summed E-state index contributed by atoms with van der Waals surface area (Å²) < 4.78 is 11.4. The van der Waals surface area contributed by atoms with E-state index in [1.807, 2.05) is 53.9 Å². The van der Waals surface area contributed by atoms with Gasteiger partial charge in [0.05, 0.1) is 19.0 Å². The van der Waals surface area contributed by atoms with E-state index in [2.05, 4.69) is 10.3 Å². The van der Waals surface area contributed by atoms with Crippen molar-refractivity contribution in [3.05, 3.63) is 70.7 Å². The Hall–Kier alpha value is -2.51. The van der Waals surface area contributed by atoms with Gasteiger partial charge in [-0.25, -0.2) is 4.98 Å². The summed E-state index contributed by atoms with van der Waals surface area (Å²) >= 11 is 3.01. The van der Waals surface area contributed by atoms with E-state index < -0.39 is 0 Å².